The van der Waals surface area contributed by atoms with Crippen molar-refractivity contribution in [2.75, 3.05) is 5.32 Å². The number of rotatable bonds is 6. The number of nitrogens with two attached hydrogens (primary N) is 1. The van der Waals surface area contributed by atoms with Crippen LogP contribution in [0.3, 0.4) is 0 Å². The van der Waals surface area contributed by atoms with Crippen LogP contribution in [0, 0.1) is 13.8 Å². The van der Waals surface area contributed by atoms with Gasteiger partial charge in [0.15, 0.2) is 5.75 Å². The molecule has 0 bridgehead atoms. The van der Waals surface area contributed by atoms with Gasteiger partial charge in [0, 0.05) is 12.5 Å². The first kappa shape index (κ1) is 20.0. The van der Waals surface area contributed by atoms with Crippen LogP contribution in [-0.4, -0.2) is 11.9 Å². The summed E-state index contributed by atoms with van der Waals surface area (Å²) in [4.78, 5) is 12.0. The second-order valence-electron chi connectivity index (χ2n) is 5.88. The molecule has 24 heavy (non-hydrogen) atoms. The predicted molar refractivity (Wildman–Crippen MR) is 101 cm³/mol. The highest BCUT2D eigenvalue weighted by Gasteiger charge is 2.11. The summed E-state index contributed by atoms with van der Waals surface area (Å²) in [6.45, 7) is 5.91. The van der Waals surface area contributed by atoms with Gasteiger partial charge in [-0.25, -0.2) is 0 Å². The third-order valence-corrected chi connectivity index (χ3v) is 3.61. The van der Waals surface area contributed by atoms with E-state index in [-0.39, 0.29) is 24.4 Å². The summed E-state index contributed by atoms with van der Waals surface area (Å²) in [5.41, 5.74) is 8.48. The highest BCUT2D eigenvalue weighted by molar-refractivity contribution is 5.92. The fourth-order valence-electron chi connectivity index (χ4n) is 2.30. The van der Waals surface area contributed by atoms with Gasteiger partial charge in [0.25, 0.3) is 0 Å². The molecule has 1 atom stereocenters. The number of halogens is 1. The van der Waals surface area contributed by atoms with Crippen molar-refractivity contribution in [3.63, 3.8) is 0 Å². The van der Waals surface area contributed by atoms with Crippen molar-refractivity contribution in [2.24, 2.45) is 5.73 Å². The van der Waals surface area contributed by atoms with Gasteiger partial charge >= 0.3 is 0 Å². The standard InChI is InChI=1S/C19H24N2O2.ClH/c1-13-7-6-8-14(2)19(13)23-17-10-5-4-9-16(17)21-18(22)12-11-15(3)20;/h4-10,15H,11-12,20H2,1-3H3,(H,21,22);1H. The number of amides is 1. The van der Waals surface area contributed by atoms with Crippen LogP contribution in [0.5, 0.6) is 11.5 Å². The molecule has 1 unspecified atom stereocenters. The molecule has 2 aromatic rings. The number of aryl methyl sites for hydroxylation is 2. The van der Waals surface area contributed by atoms with Crippen molar-refractivity contribution in [2.45, 2.75) is 39.7 Å². The highest BCUT2D eigenvalue weighted by atomic mass is 35.5. The molecule has 0 spiro atoms. The Hall–Kier alpha value is -2.04. The zero-order valence-electron chi connectivity index (χ0n) is 14.3. The van der Waals surface area contributed by atoms with Crippen LogP contribution >= 0.6 is 12.4 Å². The third kappa shape index (κ3) is 5.55. The largest absolute Gasteiger partial charge is 0.455 e. The summed E-state index contributed by atoms with van der Waals surface area (Å²) < 4.78 is 6.06. The molecule has 0 aliphatic carbocycles. The summed E-state index contributed by atoms with van der Waals surface area (Å²) in [6, 6.07) is 13.5. The van der Waals surface area contributed by atoms with Gasteiger partial charge in [-0.2, -0.15) is 0 Å². The molecule has 3 N–H and O–H groups in total. The topological polar surface area (TPSA) is 64.3 Å². The Morgan fingerprint density at radius 1 is 1.12 bits per heavy atom. The minimum atomic E-state index is -0.0557. The lowest BCUT2D eigenvalue weighted by Gasteiger charge is -2.15. The van der Waals surface area contributed by atoms with Crippen LogP contribution in [0.25, 0.3) is 0 Å². The van der Waals surface area contributed by atoms with E-state index in [0.29, 0.717) is 24.3 Å². The summed E-state index contributed by atoms with van der Waals surface area (Å²) in [6.07, 6.45) is 1.06. The number of hydrogen-bond acceptors (Lipinski definition) is 3. The molecule has 2 rings (SSSR count). The Balaban J connectivity index is 0.00000288. The van der Waals surface area contributed by atoms with Gasteiger partial charge in [-0.05, 0) is 50.5 Å². The number of anilines is 1. The van der Waals surface area contributed by atoms with Crippen molar-refractivity contribution in [1.29, 1.82) is 0 Å². The fraction of sp³-hybridized carbons (Fsp3) is 0.316. The molecule has 0 aliphatic heterocycles. The molecule has 0 heterocycles. The maximum atomic E-state index is 12.0. The van der Waals surface area contributed by atoms with E-state index in [9.17, 15) is 4.79 Å². The molecule has 5 heteroatoms. The quantitative estimate of drug-likeness (QED) is 0.802. The van der Waals surface area contributed by atoms with E-state index >= 15 is 0 Å². The molecule has 130 valence electrons. The van der Waals surface area contributed by atoms with Gasteiger partial charge in [0.05, 0.1) is 5.69 Å². The third-order valence-electron chi connectivity index (χ3n) is 3.61. The maximum Gasteiger partial charge on any atom is 0.224 e. The van der Waals surface area contributed by atoms with E-state index in [1.165, 1.54) is 0 Å². The van der Waals surface area contributed by atoms with Crippen molar-refractivity contribution >= 4 is 24.0 Å². The van der Waals surface area contributed by atoms with Crippen LogP contribution in [0.2, 0.25) is 0 Å². The molecule has 0 aliphatic rings. The fourth-order valence-corrected chi connectivity index (χ4v) is 2.30. The van der Waals surface area contributed by atoms with Crippen molar-refractivity contribution in [3.05, 3.63) is 53.6 Å². The van der Waals surface area contributed by atoms with Gasteiger partial charge in [-0.15, -0.1) is 12.4 Å². The molecule has 1 amide bonds. The van der Waals surface area contributed by atoms with E-state index in [2.05, 4.69) is 5.32 Å². The first-order valence-corrected chi connectivity index (χ1v) is 7.86. The summed E-state index contributed by atoms with van der Waals surface area (Å²) in [7, 11) is 0. The summed E-state index contributed by atoms with van der Waals surface area (Å²) >= 11 is 0. The lowest BCUT2D eigenvalue weighted by molar-refractivity contribution is -0.116. The average molecular weight is 349 g/mol. The highest BCUT2D eigenvalue weighted by Crippen LogP contribution is 2.33. The smallest absolute Gasteiger partial charge is 0.224 e. The van der Waals surface area contributed by atoms with Crippen LogP contribution in [0.15, 0.2) is 42.5 Å². The van der Waals surface area contributed by atoms with E-state index < -0.39 is 0 Å². The second-order valence-corrected chi connectivity index (χ2v) is 5.88. The Bertz CT molecular complexity index is 667. The van der Waals surface area contributed by atoms with E-state index in [0.717, 1.165) is 16.9 Å². The lowest BCUT2D eigenvalue weighted by atomic mass is 10.1. The van der Waals surface area contributed by atoms with Gasteiger partial charge in [0.1, 0.15) is 5.75 Å². The number of para-hydroxylation sites is 3. The predicted octanol–water partition coefficient (Wildman–Crippen LogP) is 4.58. The molecule has 0 saturated carbocycles. The Kier molecular flexibility index (Phi) is 7.75. The van der Waals surface area contributed by atoms with Gasteiger partial charge in [-0.1, -0.05) is 30.3 Å². The number of benzene rings is 2. The maximum absolute atomic E-state index is 12.0. The average Bonchev–Trinajstić information content (AvgIpc) is 2.50. The Labute approximate surface area is 149 Å². The molecule has 0 aromatic heterocycles. The van der Waals surface area contributed by atoms with Crippen LogP contribution in [0.1, 0.15) is 30.9 Å². The van der Waals surface area contributed by atoms with Crippen molar-refractivity contribution in [1.82, 2.24) is 0 Å². The molecule has 0 fully saturated rings. The molecule has 0 radical (unpaired) electrons. The minimum absolute atomic E-state index is 0. The number of nitrogens with one attached hydrogen (secondary N) is 1. The van der Waals surface area contributed by atoms with Gasteiger partial charge in [-0.3, -0.25) is 4.79 Å². The number of carbonyl (C=O) groups excluding carboxylic acids is 1. The van der Waals surface area contributed by atoms with Crippen molar-refractivity contribution in [3.8, 4) is 11.5 Å². The van der Waals surface area contributed by atoms with Crippen LogP contribution in [0.4, 0.5) is 5.69 Å². The second kappa shape index (κ2) is 9.30. The molecule has 2 aromatic carbocycles. The van der Waals surface area contributed by atoms with Crippen LogP contribution in [-0.2, 0) is 4.79 Å². The summed E-state index contributed by atoms with van der Waals surface area (Å²) in [5, 5.41) is 2.91. The van der Waals surface area contributed by atoms with Gasteiger partial charge < -0.3 is 15.8 Å². The molecular formula is C19H25ClN2O2. The first-order chi connectivity index (χ1) is 11.0. The van der Waals surface area contributed by atoms with Crippen LogP contribution < -0.4 is 15.8 Å². The van der Waals surface area contributed by atoms with Crippen molar-refractivity contribution < 1.29 is 9.53 Å². The Morgan fingerprint density at radius 3 is 2.38 bits per heavy atom. The summed E-state index contributed by atoms with van der Waals surface area (Å²) in [5.74, 6) is 1.41. The zero-order valence-corrected chi connectivity index (χ0v) is 15.2. The first-order valence-electron chi connectivity index (χ1n) is 7.86. The minimum Gasteiger partial charge on any atom is -0.455 e. The lowest BCUT2D eigenvalue weighted by Crippen LogP contribution is -2.19. The van der Waals surface area contributed by atoms with E-state index in [1.54, 1.807) is 0 Å². The monoisotopic (exact) mass is 348 g/mol. The normalized spacial score (nSPS) is 11.3. The Morgan fingerprint density at radius 2 is 1.75 bits per heavy atom. The molecule has 4 nitrogen and oxygen atoms in total. The zero-order chi connectivity index (χ0) is 16.8. The van der Waals surface area contributed by atoms with E-state index in [1.807, 2.05) is 63.2 Å². The number of hydrogen-bond donors (Lipinski definition) is 2. The number of ether oxygens (including phenoxy) is 1. The number of carbonyl (C=O) groups is 1. The SMILES string of the molecule is Cc1cccc(C)c1Oc1ccccc1NC(=O)CCC(C)N.Cl. The molecule has 0 saturated heterocycles. The molecular weight excluding hydrogens is 324 g/mol. The van der Waals surface area contributed by atoms with E-state index in [4.69, 9.17) is 10.5 Å². The van der Waals surface area contributed by atoms with Gasteiger partial charge in [0.2, 0.25) is 5.91 Å².